The van der Waals surface area contributed by atoms with Crippen LogP contribution in [0.4, 0.5) is 4.39 Å². The van der Waals surface area contributed by atoms with Gasteiger partial charge in [-0.15, -0.1) is 0 Å². The zero-order chi connectivity index (χ0) is 11.5. The number of rotatable bonds is 5. The molecule has 1 saturated carbocycles. The van der Waals surface area contributed by atoms with Crippen molar-refractivity contribution in [3.8, 4) is 5.75 Å². The minimum Gasteiger partial charge on any atom is -0.497 e. The number of benzene rings is 1. The van der Waals surface area contributed by atoms with Crippen LogP contribution in [0.5, 0.6) is 5.75 Å². The second kappa shape index (κ2) is 4.83. The fourth-order valence-corrected chi connectivity index (χ4v) is 1.87. The number of nitrogens with one attached hydrogen (secondary N) is 1. The van der Waals surface area contributed by atoms with Crippen molar-refractivity contribution in [1.82, 2.24) is 5.32 Å². The first kappa shape index (κ1) is 11.4. The molecule has 1 aromatic rings. The van der Waals surface area contributed by atoms with Crippen molar-refractivity contribution in [2.24, 2.45) is 11.8 Å². The largest absolute Gasteiger partial charge is 0.497 e. The highest BCUT2D eigenvalue weighted by atomic mass is 19.1. The molecule has 88 valence electrons. The Morgan fingerprint density at radius 2 is 2.25 bits per heavy atom. The molecule has 2 unspecified atom stereocenters. The van der Waals surface area contributed by atoms with Crippen molar-refractivity contribution in [1.29, 1.82) is 0 Å². The summed E-state index contributed by atoms with van der Waals surface area (Å²) in [6.45, 7) is 3.84. The fraction of sp³-hybridized carbons (Fsp3) is 0.538. The normalized spacial score (nSPS) is 23.2. The van der Waals surface area contributed by atoms with Crippen molar-refractivity contribution in [3.63, 3.8) is 0 Å². The fourth-order valence-electron chi connectivity index (χ4n) is 1.87. The summed E-state index contributed by atoms with van der Waals surface area (Å²) in [4.78, 5) is 0. The molecular weight excluding hydrogens is 205 g/mol. The van der Waals surface area contributed by atoms with Crippen molar-refractivity contribution >= 4 is 0 Å². The van der Waals surface area contributed by atoms with E-state index >= 15 is 0 Å². The third kappa shape index (κ3) is 2.73. The van der Waals surface area contributed by atoms with E-state index < -0.39 is 0 Å². The van der Waals surface area contributed by atoms with Crippen LogP contribution in [-0.4, -0.2) is 13.7 Å². The Kier molecular flexibility index (Phi) is 3.44. The van der Waals surface area contributed by atoms with E-state index in [4.69, 9.17) is 4.74 Å². The Labute approximate surface area is 95.8 Å². The van der Waals surface area contributed by atoms with Crippen molar-refractivity contribution in [2.45, 2.75) is 19.9 Å². The van der Waals surface area contributed by atoms with Crippen LogP contribution >= 0.6 is 0 Å². The highest BCUT2D eigenvalue weighted by Gasteiger charge is 2.31. The van der Waals surface area contributed by atoms with Gasteiger partial charge in [0.05, 0.1) is 7.11 Å². The summed E-state index contributed by atoms with van der Waals surface area (Å²) in [5.74, 6) is 2.00. The maximum atomic E-state index is 13.5. The van der Waals surface area contributed by atoms with Gasteiger partial charge in [-0.1, -0.05) is 13.0 Å². The quantitative estimate of drug-likeness (QED) is 0.828. The standard InChI is InChI=1S/C13H18FNO/c1-9-5-11(9)8-15-7-10-3-4-12(16-2)6-13(10)14/h3-4,6,9,11,15H,5,7-8H2,1-2H3. The minimum absolute atomic E-state index is 0.198. The van der Waals surface area contributed by atoms with Gasteiger partial charge in [-0.3, -0.25) is 0 Å². The number of hydrogen-bond acceptors (Lipinski definition) is 2. The molecule has 16 heavy (non-hydrogen) atoms. The van der Waals surface area contributed by atoms with Gasteiger partial charge in [-0.25, -0.2) is 4.39 Å². The summed E-state index contributed by atoms with van der Waals surface area (Å²) in [7, 11) is 1.54. The lowest BCUT2D eigenvalue weighted by Crippen LogP contribution is -2.17. The van der Waals surface area contributed by atoms with E-state index in [9.17, 15) is 4.39 Å². The highest BCUT2D eigenvalue weighted by Crippen LogP contribution is 2.36. The summed E-state index contributed by atoms with van der Waals surface area (Å²) in [6, 6.07) is 4.99. The maximum Gasteiger partial charge on any atom is 0.131 e. The molecule has 2 rings (SSSR count). The van der Waals surface area contributed by atoms with Crippen LogP contribution in [-0.2, 0) is 6.54 Å². The molecule has 0 aliphatic heterocycles. The summed E-state index contributed by atoms with van der Waals surface area (Å²) in [6.07, 6.45) is 1.30. The molecule has 1 N–H and O–H groups in total. The van der Waals surface area contributed by atoms with Gasteiger partial charge in [-0.2, -0.15) is 0 Å². The molecule has 0 heterocycles. The van der Waals surface area contributed by atoms with E-state index in [2.05, 4.69) is 12.2 Å². The van der Waals surface area contributed by atoms with Crippen LogP contribution in [0.3, 0.4) is 0 Å². The molecule has 0 bridgehead atoms. The second-order valence-corrected chi connectivity index (χ2v) is 4.56. The third-order valence-corrected chi connectivity index (χ3v) is 3.26. The lowest BCUT2D eigenvalue weighted by atomic mass is 10.2. The molecule has 1 fully saturated rings. The van der Waals surface area contributed by atoms with Crippen LogP contribution in [0.2, 0.25) is 0 Å². The first-order chi connectivity index (χ1) is 7.70. The van der Waals surface area contributed by atoms with Crippen molar-refractivity contribution in [2.75, 3.05) is 13.7 Å². The third-order valence-electron chi connectivity index (χ3n) is 3.26. The molecule has 0 saturated heterocycles. The molecule has 1 aromatic carbocycles. The van der Waals surface area contributed by atoms with Crippen molar-refractivity contribution < 1.29 is 9.13 Å². The molecule has 0 spiro atoms. The SMILES string of the molecule is COc1ccc(CNCC2CC2C)c(F)c1. The topological polar surface area (TPSA) is 21.3 Å². The molecule has 0 amide bonds. The van der Waals surface area contributed by atoms with Gasteiger partial charge < -0.3 is 10.1 Å². The summed E-state index contributed by atoms with van der Waals surface area (Å²) >= 11 is 0. The molecule has 1 aliphatic rings. The molecular formula is C13H18FNO. The van der Waals surface area contributed by atoms with E-state index in [1.54, 1.807) is 19.2 Å². The highest BCUT2D eigenvalue weighted by molar-refractivity contribution is 5.28. The van der Waals surface area contributed by atoms with E-state index in [-0.39, 0.29) is 5.82 Å². The van der Waals surface area contributed by atoms with Crippen LogP contribution in [0.25, 0.3) is 0 Å². The van der Waals surface area contributed by atoms with Crippen LogP contribution < -0.4 is 10.1 Å². The first-order valence-electron chi connectivity index (χ1n) is 5.74. The van der Waals surface area contributed by atoms with Gasteiger partial charge in [0.25, 0.3) is 0 Å². The summed E-state index contributed by atoms with van der Waals surface area (Å²) in [5.41, 5.74) is 0.703. The minimum atomic E-state index is -0.198. The molecule has 2 nitrogen and oxygen atoms in total. The van der Waals surface area contributed by atoms with Crippen LogP contribution in [0.1, 0.15) is 18.9 Å². The van der Waals surface area contributed by atoms with E-state index in [1.165, 1.54) is 12.5 Å². The molecule has 3 heteroatoms. The zero-order valence-electron chi connectivity index (χ0n) is 9.79. The Morgan fingerprint density at radius 3 is 2.81 bits per heavy atom. The van der Waals surface area contributed by atoms with Gasteiger partial charge in [0.2, 0.25) is 0 Å². The average Bonchev–Trinajstić information content (AvgIpc) is 2.97. The van der Waals surface area contributed by atoms with Gasteiger partial charge >= 0.3 is 0 Å². The first-order valence-corrected chi connectivity index (χ1v) is 5.74. The zero-order valence-corrected chi connectivity index (χ0v) is 9.79. The van der Waals surface area contributed by atoms with Crippen LogP contribution in [0.15, 0.2) is 18.2 Å². The van der Waals surface area contributed by atoms with E-state index in [0.717, 1.165) is 18.4 Å². The Bertz CT molecular complexity index is 367. The Balaban J connectivity index is 1.84. The number of halogens is 1. The molecule has 1 aliphatic carbocycles. The summed E-state index contributed by atoms with van der Waals surface area (Å²) in [5, 5.41) is 3.29. The molecule has 0 aromatic heterocycles. The predicted octanol–water partition coefficient (Wildman–Crippen LogP) is 2.58. The number of hydrogen-bond donors (Lipinski definition) is 1. The van der Waals surface area contributed by atoms with Gasteiger partial charge in [0.1, 0.15) is 11.6 Å². The van der Waals surface area contributed by atoms with Crippen LogP contribution in [0, 0.1) is 17.7 Å². The number of methoxy groups -OCH3 is 1. The smallest absolute Gasteiger partial charge is 0.131 e. The Morgan fingerprint density at radius 1 is 1.50 bits per heavy atom. The lowest BCUT2D eigenvalue weighted by molar-refractivity contribution is 0.410. The average molecular weight is 223 g/mol. The van der Waals surface area contributed by atoms with E-state index in [1.807, 2.05) is 0 Å². The van der Waals surface area contributed by atoms with E-state index in [0.29, 0.717) is 17.9 Å². The lowest BCUT2D eigenvalue weighted by Gasteiger charge is -2.07. The van der Waals surface area contributed by atoms with Gasteiger partial charge in [0.15, 0.2) is 0 Å². The Hall–Kier alpha value is -1.09. The maximum absolute atomic E-state index is 13.5. The monoisotopic (exact) mass is 223 g/mol. The van der Waals surface area contributed by atoms with Gasteiger partial charge in [-0.05, 0) is 30.9 Å². The van der Waals surface area contributed by atoms with Crippen molar-refractivity contribution in [3.05, 3.63) is 29.6 Å². The molecule has 0 radical (unpaired) electrons. The predicted molar refractivity (Wildman–Crippen MR) is 61.9 cm³/mol. The number of ether oxygens (including phenoxy) is 1. The second-order valence-electron chi connectivity index (χ2n) is 4.56. The van der Waals surface area contributed by atoms with Gasteiger partial charge in [0, 0.05) is 18.2 Å². The molecule has 2 atom stereocenters. The summed E-state index contributed by atoms with van der Waals surface area (Å²) < 4.78 is 18.5.